The zero-order valence-corrected chi connectivity index (χ0v) is 17.3. The fourth-order valence-electron chi connectivity index (χ4n) is 2.66. The van der Waals surface area contributed by atoms with Gasteiger partial charge in [-0.05, 0) is 24.3 Å². The zero-order chi connectivity index (χ0) is 19.7. The van der Waals surface area contributed by atoms with Gasteiger partial charge in [0, 0.05) is 17.6 Å². The number of halogens is 2. The van der Waals surface area contributed by atoms with Crippen LogP contribution < -0.4 is 19.0 Å². The maximum absolute atomic E-state index is 12.7. The molecule has 3 aromatic rings. The van der Waals surface area contributed by atoms with Gasteiger partial charge in [-0.1, -0.05) is 34.5 Å². The molecule has 142 valence electrons. The molecule has 0 atom stereocenters. The molecule has 27 heavy (non-hydrogen) atoms. The summed E-state index contributed by atoms with van der Waals surface area (Å²) in [4.78, 5) is 17.5. The van der Waals surface area contributed by atoms with Gasteiger partial charge in [-0.3, -0.25) is 4.79 Å². The smallest absolute Gasteiger partial charge is 0.279 e. The van der Waals surface area contributed by atoms with Crippen molar-refractivity contribution < 1.29 is 19.0 Å². The molecule has 0 fully saturated rings. The minimum absolute atomic E-state index is 0.311. The molecule has 0 aliphatic carbocycles. The Morgan fingerprint density at radius 3 is 2.22 bits per heavy atom. The number of amides is 1. The molecule has 0 aliphatic rings. The van der Waals surface area contributed by atoms with E-state index in [0.717, 1.165) is 10.2 Å². The van der Waals surface area contributed by atoms with E-state index < -0.39 is 5.91 Å². The van der Waals surface area contributed by atoms with Crippen molar-refractivity contribution in [1.29, 1.82) is 0 Å². The van der Waals surface area contributed by atoms with Gasteiger partial charge in [0.1, 0.15) is 0 Å². The first kappa shape index (κ1) is 19.5. The Hall–Kier alpha value is -2.22. The number of rotatable bonds is 4. The second-order valence-electron chi connectivity index (χ2n) is 5.51. The first-order valence-electron chi connectivity index (χ1n) is 7.73. The summed E-state index contributed by atoms with van der Waals surface area (Å²) in [6, 6.07) is 6.56. The van der Waals surface area contributed by atoms with Crippen molar-refractivity contribution in [2.24, 2.45) is 12.0 Å². The molecule has 6 nitrogen and oxygen atoms in total. The Kier molecular flexibility index (Phi) is 5.64. The lowest BCUT2D eigenvalue weighted by molar-refractivity contribution is 0.0997. The average Bonchev–Trinajstić information content (AvgIpc) is 2.95. The molecular weight excluding hydrogens is 411 g/mol. The highest BCUT2D eigenvalue weighted by Gasteiger charge is 2.17. The van der Waals surface area contributed by atoms with Crippen molar-refractivity contribution in [2.75, 3.05) is 21.3 Å². The second kappa shape index (κ2) is 7.80. The summed E-state index contributed by atoms with van der Waals surface area (Å²) in [6.07, 6.45) is 0. The number of hydrogen-bond donors (Lipinski definition) is 0. The molecule has 0 saturated carbocycles. The van der Waals surface area contributed by atoms with Crippen LogP contribution in [0.5, 0.6) is 17.2 Å². The molecule has 0 bridgehead atoms. The van der Waals surface area contributed by atoms with Crippen molar-refractivity contribution in [2.45, 2.75) is 0 Å². The van der Waals surface area contributed by atoms with Gasteiger partial charge < -0.3 is 18.8 Å². The first-order valence-corrected chi connectivity index (χ1v) is 9.30. The van der Waals surface area contributed by atoms with Gasteiger partial charge in [-0.2, -0.15) is 4.99 Å². The predicted octanol–water partition coefficient (Wildman–Crippen LogP) is 4.31. The van der Waals surface area contributed by atoms with Crippen molar-refractivity contribution in [3.05, 3.63) is 44.7 Å². The van der Waals surface area contributed by atoms with Crippen LogP contribution in [0.2, 0.25) is 10.0 Å². The highest BCUT2D eigenvalue weighted by Crippen LogP contribution is 2.38. The average molecular weight is 427 g/mol. The highest BCUT2D eigenvalue weighted by molar-refractivity contribution is 7.16. The number of thiazole rings is 1. The van der Waals surface area contributed by atoms with Crippen molar-refractivity contribution in [3.63, 3.8) is 0 Å². The number of benzene rings is 2. The molecule has 0 radical (unpaired) electrons. The Labute approximate surface area is 169 Å². The third-order valence-electron chi connectivity index (χ3n) is 3.93. The van der Waals surface area contributed by atoms with E-state index in [1.807, 2.05) is 0 Å². The van der Waals surface area contributed by atoms with Crippen LogP contribution in [0.15, 0.2) is 29.3 Å². The molecule has 0 aliphatic heterocycles. The summed E-state index contributed by atoms with van der Waals surface area (Å²) in [5.41, 5.74) is 1.08. The van der Waals surface area contributed by atoms with Crippen LogP contribution in [0.1, 0.15) is 10.4 Å². The van der Waals surface area contributed by atoms with Crippen LogP contribution in [0.4, 0.5) is 0 Å². The predicted molar refractivity (Wildman–Crippen MR) is 107 cm³/mol. The van der Waals surface area contributed by atoms with Crippen LogP contribution in [0, 0.1) is 0 Å². The summed E-state index contributed by atoms with van der Waals surface area (Å²) in [7, 11) is 6.26. The minimum atomic E-state index is -0.446. The molecule has 1 heterocycles. The van der Waals surface area contributed by atoms with Crippen LogP contribution in [-0.4, -0.2) is 31.8 Å². The van der Waals surface area contributed by atoms with E-state index in [9.17, 15) is 4.79 Å². The van der Waals surface area contributed by atoms with Crippen molar-refractivity contribution in [3.8, 4) is 17.2 Å². The van der Waals surface area contributed by atoms with E-state index in [-0.39, 0.29) is 0 Å². The molecule has 0 N–H and O–H groups in total. The molecule has 2 aromatic carbocycles. The lowest BCUT2D eigenvalue weighted by atomic mass is 10.1. The number of carbonyl (C=O) groups excluding carboxylic acids is 1. The third-order valence-corrected chi connectivity index (χ3v) is 5.51. The van der Waals surface area contributed by atoms with E-state index in [0.29, 0.717) is 37.7 Å². The maximum atomic E-state index is 12.7. The van der Waals surface area contributed by atoms with E-state index in [1.165, 1.54) is 32.7 Å². The van der Waals surface area contributed by atoms with E-state index in [1.54, 1.807) is 35.9 Å². The largest absolute Gasteiger partial charge is 0.493 e. The van der Waals surface area contributed by atoms with Crippen LogP contribution in [-0.2, 0) is 7.05 Å². The number of aryl methyl sites for hydroxylation is 1. The molecule has 1 amide bonds. The standard InChI is InChI=1S/C18H16Cl2N2O4S/c1-22-15-11(20)7-10(19)8-14(15)27-18(22)21-17(23)9-5-12(24-2)16(26-4)13(6-9)25-3/h5-8H,1-4H3. The number of carbonyl (C=O) groups is 1. The summed E-state index contributed by atoms with van der Waals surface area (Å²) < 4.78 is 18.4. The van der Waals surface area contributed by atoms with Crippen LogP contribution >= 0.6 is 34.5 Å². The normalized spacial score (nSPS) is 11.7. The van der Waals surface area contributed by atoms with Gasteiger partial charge in [0.25, 0.3) is 5.91 Å². The first-order chi connectivity index (χ1) is 12.9. The molecule has 0 saturated heterocycles. The number of fused-ring (bicyclic) bond motifs is 1. The summed E-state index contributed by atoms with van der Waals surface area (Å²) in [5, 5.41) is 1.02. The quantitative estimate of drug-likeness (QED) is 0.623. The number of nitrogens with zero attached hydrogens (tertiary/aromatic N) is 2. The molecular formula is C18H16Cl2N2O4S. The SMILES string of the molecule is COc1cc(C(=O)N=c2sc3cc(Cl)cc(Cl)c3n2C)cc(OC)c1OC. The van der Waals surface area contributed by atoms with E-state index in [2.05, 4.69) is 4.99 Å². The Morgan fingerprint density at radius 2 is 1.67 bits per heavy atom. The third kappa shape index (κ3) is 3.63. The molecule has 0 spiro atoms. The fourth-order valence-corrected chi connectivity index (χ4v) is 4.49. The number of methoxy groups -OCH3 is 3. The molecule has 0 unspecified atom stereocenters. The van der Waals surface area contributed by atoms with Gasteiger partial charge in [0.15, 0.2) is 16.3 Å². The number of hydrogen-bond acceptors (Lipinski definition) is 5. The molecule has 1 aromatic heterocycles. The Balaban J connectivity index is 2.14. The summed E-state index contributed by atoms with van der Waals surface area (Å²) in [6.45, 7) is 0. The lowest BCUT2D eigenvalue weighted by Gasteiger charge is -2.12. The van der Waals surface area contributed by atoms with Crippen molar-refractivity contribution >= 4 is 50.7 Å². The topological polar surface area (TPSA) is 62.0 Å². The van der Waals surface area contributed by atoms with E-state index >= 15 is 0 Å². The fraction of sp³-hybridized carbons (Fsp3) is 0.222. The zero-order valence-electron chi connectivity index (χ0n) is 15.0. The van der Waals surface area contributed by atoms with Gasteiger partial charge in [0.05, 0.1) is 36.6 Å². The summed E-state index contributed by atoms with van der Waals surface area (Å²) in [5.74, 6) is 0.723. The van der Waals surface area contributed by atoms with Gasteiger partial charge in [-0.25, -0.2) is 0 Å². The Bertz CT molecular complexity index is 1080. The van der Waals surface area contributed by atoms with Gasteiger partial charge in [0.2, 0.25) is 5.75 Å². The number of aromatic nitrogens is 1. The monoisotopic (exact) mass is 426 g/mol. The van der Waals surface area contributed by atoms with Crippen LogP contribution in [0.3, 0.4) is 0 Å². The number of ether oxygens (including phenoxy) is 3. The highest BCUT2D eigenvalue weighted by atomic mass is 35.5. The lowest BCUT2D eigenvalue weighted by Crippen LogP contribution is -2.13. The van der Waals surface area contributed by atoms with Gasteiger partial charge >= 0.3 is 0 Å². The maximum Gasteiger partial charge on any atom is 0.279 e. The van der Waals surface area contributed by atoms with Crippen LogP contribution in [0.25, 0.3) is 10.2 Å². The summed E-state index contributed by atoms with van der Waals surface area (Å²) >= 11 is 13.7. The van der Waals surface area contributed by atoms with Gasteiger partial charge in [-0.15, -0.1) is 0 Å². The Morgan fingerprint density at radius 1 is 1.04 bits per heavy atom. The molecule has 9 heteroatoms. The van der Waals surface area contributed by atoms with Crippen molar-refractivity contribution in [1.82, 2.24) is 4.57 Å². The molecule has 3 rings (SSSR count). The van der Waals surface area contributed by atoms with E-state index in [4.69, 9.17) is 37.4 Å². The minimum Gasteiger partial charge on any atom is -0.493 e. The second-order valence-corrected chi connectivity index (χ2v) is 7.36.